The van der Waals surface area contributed by atoms with Crippen LogP contribution in [-0.2, 0) is 6.54 Å². The van der Waals surface area contributed by atoms with E-state index in [1.165, 1.54) is 11.1 Å². The lowest BCUT2D eigenvalue weighted by atomic mass is 10.1. The van der Waals surface area contributed by atoms with Gasteiger partial charge >= 0.3 is 0 Å². The van der Waals surface area contributed by atoms with E-state index in [9.17, 15) is 0 Å². The summed E-state index contributed by atoms with van der Waals surface area (Å²) in [7, 11) is 0. The Bertz CT molecular complexity index is 567. The number of hydrogen-bond donors (Lipinski definition) is 1. The van der Waals surface area contributed by atoms with E-state index in [4.69, 9.17) is 15.2 Å². The van der Waals surface area contributed by atoms with Crippen molar-refractivity contribution in [2.24, 2.45) is 5.73 Å². The maximum Gasteiger partial charge on any atom is 0.122 e. The predicted octanol–water partition coefficient (Wildman–Crippen LogP) is 3.22. The highest BCUT2D eigenvalue weighted by molar-refractivity contribution is 5.38. The third-order valence-electron chi connectivity index (χ3n) is 3.30. The third-order valence-corrected chi connectivity index (χ3v) is 3.30. The van der Waals surface area contributed by atoms with Crippen LogP contribution >= 0.6 is 0 Å². The van der Waals surface area contributed by atoms with Crippen molar-refractivity contribution in [3.63, 3.8) is 0 Å². The lowest BCUT2D eigenvalue weighted by Crippen LogP contribution is -2.10. The first-order valence-corrected chi connectivity index (χ1v) is 6.81. The van der Waals surface area contributed by atoms with Crippen LogP contribution in [0.4, 0.5) is 0 Å². The largest absolute Gasteiger partial charge is 0.490 e. The Hall–Kier alpha value is -2.00. The van der Waals surface area contributed by atoms with Crippen LogP contribution in [0.3, 0.4) is 0 Å². The highest BCUT2D eigenvalue weighted by atomic mass is 16.5. The standard InChI is InChI=1S/C17H21NO2/c1-13-5-3-8-17(14(13)2)20-10-9-19-16-7-4-6-15(11-16)12-18/h3-8,11H,9-10,12,18H2,1-2H3. The Labute approximate surface area is 120 Å². The van der Waals surface area contributed by atoms with Gasteiger partial charge in [-0.25, -0.2) is 0 Å². The van der Waals surface area contributed by atoms with Gasteiger partial charge in [-0.1, -0.05) is 24.3 Å². The van der Waals surface area contributed by atoms with Crippen LogP contribution in [0.2, 0.25) is 0 Å². The summed E-state index contributed by atoms with van der Waals surface area (Å²) >= 11 is 0. The second kappa shape index (κ2) is 6.96. The molecule has 3 heteroatoms. The fourth-order valence-corrected chi connectivity index (χ4v) is 1.95. The van der Waals surface area contributed by atoms with Crippen molar-refractivity contribution >= 4 is 0 Å². The van der Waals surface area contributed by atoms with E-state index in [1.807, 2.05) is 36.4 Å². The Morgan fingerprint density at radius 3 is 2.50 bits per heavy atom. The maximum absolute atomic E-state index is 5.75. The van der Waals surface area contributed by atoms with Crippen molar-refractivity contribution in [1.29, 1.82) is 0 Å². The maximum atomic E-state index is 5.75. The molecule has 0 unspecified atom stereocenters. The molecule has 2 N–H and O–H groups in total. The second-order valence-electron chi connectivity index (χ2n) is 4.75. The first kappa shape index (κ1) is 14.4. The van der Waals surface area contributed by atoms with Gasteiger partial charge in [0.25, 0.3) is 0 Å². The molecule has 0 aliphatic rings. The number of ether oxygens (including phenoxy) is 2. The van der Waals surface area contributed by atoms with Gasteiger partial charge < -0.3 is 15.2 Å². The van der Waals surface area contributed by atoms with E-state index >= 15 is 0 Å². The van der Waals surface area contributed by atoms with Crippen molar-refractivity contribution < 1.29 is 9.47 Å². The van der Waals surface area contributed by atoms with Gasteiger partial charge in [-0.3, -0.25) is 0 Å². The Balaban J connectivity index is 1.83. The first-order valence-electron chi connectivity index (χ1n) is 6.81. The fourth-order valence-electron chi connectivity index (χ4n) is 1.95. The van der Waals surface area contributed by atoms with Gasteiger partial charge in [-0.05, 0) is 48.7 Å². The molecule has 0 saturated heterocycles. The molecule has 20 heavy (non-hydrogen) atoms. The molecule has 0 radical (unpaired) electrons. The van der Waals surface area contributed by atoms with Crippen LogP contribution in [-0.4, -0.2) is 13.2 Å². The molecular weight excluding hydrogens is 250 g/mol. The Morgan fingerprint density at radius 1 is 0.950 bits per heavy atom. The molecule has 2 rings (SSSR count). The second-order valence-corrected chi connectivity index (χ2v) is 4.75. The average molecular weight is 271 g/mol. The van der Waals surface area contributed by atoms with E-state index in [1.54, 1.807) is 0 Å². The van der Waals surface area contributed by atoms with Crippen LogP contribution in [0.1, 0.15) is 16.7 Å². The lowest BCUT2D eigenvalue weighted by molar-refractivity contribution is 0.216. The minimum absolute atomic E-state index is 0.515. The molecule has 0 atom stereocenters. The summed E-state index contributed by atoms with van der Waals surface area (Å²) in [5.41, 5.74) is 9.08. The zero-order valence-corrected chi connectivity index (χ0v) is 12.1. The molecule has 0 bridgehead atoms. The van der Waals surface area contributed by atoms with Crippen molar-refractivity contribution in [1.82, 2.24) is 0 Å². The smallest absolute Gasteiger partial charge is 0.122 e. The minimum atomic E-state index is 0.515. The molecular formula is C17H21NO2. The zero-order chi connectivity index (χ0) is 14.4. The number of hydrogen-bond acceptors (Lipinski definition) is 3. The molecule has 0 amide bonds. The van der Waals surface area contributed by atoms with Crippen LogP contribution in [0, 0.1) is 13.8 Å². The molecule has 0 saturated carbocycles. The van der Waals surface area contributed by atoms with Crippen LogP contribution < -0.4 is 15.2 Å². The molecule has 0 fully saturated rings. The topological polar surface area (TPSA) is 44.5 Å². The van der Waals surface area contributed by atoms with Crippen molar-refractivity contribution in [3.8, 4) is 11.5 Å². The quantitative estimate of drug-likeness (QED) is 0.820. The van der Waals surface area contributed by atoms with Gasteiger partial charge in [0.2, 0.25) is 0 Å². The number of aryl methyl sites for hydroxylation is 1. The summed E-state index contributed by atoms with van der Waals surface area (Å²) in [5.74, 6) is 1.75. The van der Waals surface area contributed by atoms with Gasteiger partial charge in [-0.15, -0.1) is 0 Å². The zero-order valence-electron chi connectivity index (χ0n) is 12.1. The molecule has 2 aromatic carbocycles. The number of nitrogens with two attached hydrogens (primary N) is 1. The van der Waals surface area contributed by atoms with E-state index in [2.05, 4.69) is 19.9 Å². The number of benzene rings is 2. The molecule has 0 aromatic heterocycles. The average Bonchev–Trinajstić information content (AvgIpc) is 2.48. The number of rotatable bonds is 6. The van der Waals surface area contributed by atoms with Crippen molar-refractivity contribution in [3.05, 3.63) is 59.2 Å². The fraction of sp³-hybridized carbons (Fsp3) is 0.294. The van der Waals surface area contributed by atoms with E-state index in [0.29, 0.717) is 19.8 Å². The Kier molecular flexibility index (Phi) is 5.02. The monoisotopic (exact) mass is 271 g/mol. The SMILES string of the molecule is Cc1cccc(OCCOc2cccc(CN)c2)c1C. The summed E-state index contributed by atoms with van der Waals surface area (Å²) in [6.07, 6.45) is 0. The van der Waals surface area contributed by atoms with Gasteiger partial charge in [0.1, 0.15) is 24.7 Å². The molecule has 2 aromatic rings. The molecule has 0 spiro atoms. The molecule has 0 aliphatic heterocycles. The lowest BCUT2D eigenvalue weighted by Gasteiger charge is -2.12. The van der Waals surface area contributed by atoms with Crippen LogP contribution in [0.15, 0.2) is 42.5 Å². The Morgan fingerprint density at radius 2 is 1.70 bits per heavy atom. The minimum Gasteiger partial charge on any atom is -0.490 e. The normalized spacial score (nSPS) is 10.3. The first-order chi connectivity index (χ1) is 9.70. The highest BCUT2D eigenvalue weighted by Gasteiger charge is 2.01. The third kappa shape index (κ3) is 3.75. The summed E-state index contributed by atoms with van der Waals surface area (Å²) in [6, 6.07) is 13.9. The molecule has 3 nitrogen and oxygen atoms in total. The van der Waals surface area contributed by atoms with E-state index in [-0.39, 0.29) is 0 Å². The molecule has 0 aliphatic carbocycles. The van der Waals surface area contributed by atoms with Gasteiger partial charge in [-0.2, -0.15) is 0 Å². The van der Waals surface area contributed by atoms with E-state index < -0.39 is 0 Å². The predicted molar refractivity (Wildman–Crippen MR) is 81.2 cm³/mol. The highest BCUT2D eigenvalue weighted by Crippen LogP contribution is 2.20. The summed E-state index contributed by atoms with van der Waals surface area (Å²) < 4.78 is 11.4. The summed E-state index contributed by atoms with van der Waals surface area (Å²) in [4.78, 5) is 0. The molecule has 0 heterocycles. The van der Waals surface area contributed by atoms with E-state index in [0.717, 1.165) is 17.1 Å². The van der Waals surface area contributed by atoms with Crippen molar-refractivity contribution in [2.75, 3.05) is 13.2 Å². The van der Waals surface area contributed by atoms with Crippen LogP contribution in [0.25, 0.3) is 0 Å². The van der Waals surface area contributed by atoms with Gasteiger partial charge in [0, 0.05) is 6.54 Å². The summed E-state index contributed by atoms with van der Waals surface area (Å²) in [5, 5.41) is 0. The summed E-state index contributed by atoms with van der Waals surface area (Å²) in [6.45, 7) is 5.71. The van der Waals surface area contributed by atoms with Gasteiger partial charge in [0.05, 0.1) is 0 Å². The van der Waals surface area contributed by atoms with Crippen molar-refractivity contribution in [2.45, 2.75) is 20.4 Å². The molecule has 106 valence electrons. The van der Waals surface area contributed by atoms with Crippen LogP contribution in [0.5, 0.6) is 11.5 Å². The van der Waals surface area contributed by atoms with Gasteiger partial charge in [0.15, 0.2) is 0 Å².